The summed E-state index contributed by atoms with van der Waals surface area (Å²) in [6, 6.07) is 0. The van der Waals surface area contributed by atoms with Crippen LogP contribution in [0.2, 0.25) is 10.6 Å². The number of rotatable bonds is 2. The molecule has 0 aromatic heterocycles. The number of hydrogen-bond donors (Lipinski definition) is 0. The molecular weight excluding hydrogens is 127 g/mol. The Labute approximate surface area is 40.1 Å². The monoisotopic (exact) mass is 138 g/mol. The second-order valence-corrected chi connectivity index (χ2v) is 4.06. The molecule has 0 nitrogen and oxygen atoms in total. The maximum absolute atomic E-state index is 2.24. The zero-order chi connectivity index (χ0) is 4.12. The quantitative estimate of drug-likeness (QED) is 0.507. The molecule has 0 aliphatic rings. The second-order valence-electron chi connectivity index (χ2n) is 0.781. The molecule has 5 heavy (non-hydrogen) atoms. The van der Waals surface area contributed by atoms with E-state index in [1.54, 1.807) is 0 Å². The van der Waals surface area contributed by atoms with Crippen LogP contribution in [-0.2, 0) is 0 Å². The molecule has 0 rings (SSSR count). The first kappa shape index (κ1) is 5.52. The minimum atomic E-state index is 0.958. The van der Waals surface area contributed by atoms with Crippen molar-refractivity contribution in [3.05, 3.63) is 0 Å². The molecule has 0 saturated carbocycles. The molecule has 31 valence electrons. The van der Waals surface area contributed by atoms with E-state index in [4.69, 9.17) is 0 Å². The predicted octanol–water partition coefficient (Wildman–Crippen LogP) is 1.57. The van der Waals surface area contributed by atoms with Crippen molar-refractivity contribution in [2.24, 2.45) is 0 Å². The molecule has 0 bridgehead atoms. The van der Waals surface area contributed by atoms with Gasteiger partial charge in [-0.15, -0.1) is 0 Å². The van der Waals surface area contributed by atoms with Crippen molar-refractivity contribution >= 4 is 15.0 Å². The molecule has 0 spiro atoms. The van der Waals surface area contributed by atoms with Gasteiger partial charge in [0.1, 0.15) is 0 Å². The van der Waals surface area contributed by atoms with E-state index < -0.39 is 0 Å². The fourth-order valence-electron chi connectivity index (χ4n) is 0.204. The van der Waals surface area contributed by atoms with E-state index in [0.29, 0.717) is 0 Å². The molecule has 0 fully saturated rings. The standard InChI is InChI=1S/C4H10Se/c1-3-5-4-2/h3-4H2,1-2H3/q+1. The van der Waals surface area contributed by atoms with Crippen LogP contribution in [0.25, 0.3) is 0 Å². The summed E-state index contributed by atoms with van der Waals surface area (Å²) in [6.07, 6.45) is 0. The third kappa shape index (κ3) is 4.52. The first-order chi connectivity index (χ1) is 2.41. The molecule has 0 amide bonds. The third-order valence-corrected chi connectivity index (χ3v) is 2.12. The number of hydrogen-bond acceptors (Lipinski definition) is 0. The fourth-order valence-corrected chi connectivity index (χ4v) is 1.06. The maximum atomic E-state index is 2.24. The van der Waals surface area contributed by atoms with E-state index in [-0.39, 0.29) is 0 Å². The Morgan fingerprint density at radius 1 is 1.20 bits per heavy atom. The average molecular weight is 137 g/mol. The van der Waals surface area contributed by atoms with Crippen LogP contribution in [0.5, 0.6) is 0 Å². The molecule has 0 aromatic rings. The van der Waals surface area contributed by atoms with Crippen LogP contribution >= 0.6 is 0 Å². The minimum absolute atomic E-state index is 0.958. The van der Waals surface area contributed by atoms with Crippen LogP contribution in [0.4, 0.5) is 0 Å². The van der Waals surface area contributed by atoms with Crippen molar-refractivity contribution in [2.45, 2.75) is 24.5 Å². The summed E-state index contributed by atoms with van der Waals surface area (Å²) in [6.45, 7) is 4.48. The summed E-state index contributed by atoms with van der Waals surface area (Å²) in [5.41, 5.74) is 0. The molecule has 0 aliphatic carbocycles. The van der Waals surface area contributed by atoms with Gasteiger partial charge in [-0.05, 0) is 0 Å². The van der Waals surface area contributed by atoms with Gasteiger partial charge in [-0.1, -0.05) is 0 Å². The van der Waals surface area contributed by atoms with Crippen LogP contribution in [0, 0.1) is 0 Å². The zero-order valence-corrected chi connectivity index (χ0v) is 5.54. The van der Waals surface area contributed by atoms with Crippen molar-refractivity contribution in [1.82, 2.24) is 0 Å². The summed E-state index contributed by atoms with van der Waals surface area (Å²) in [7, 11) is 0. The summed E-state index contributed by atoms with van der Waals surface area (Å²) in [4.78, 5) is 0. The Bertz CT molecular complexity index is 11.1. The molecule has 0 aliphatic heterocycles. The van der Waals surface area contributed by atoms with Crippen LogP contribution in [0.15, 0.2) is 0 Å². The van der Waals surface area contributed by atoms with E-state index >= 15 is 0 Å². The predicted molar refractivity (Wildman–Crippen MR) is 26.7 cm³/mol. The Balaban J connectivity index is 2.19. The second kappa shape index (κ2) is 4.52. The van der Waals surface area contributed by atoms with Crippen molar-refractivity contribution in [1.29, 1.82) is 0 Å². The van der Waals surface area contributed by atoms with E-state index in [1.165, 1.54) is 10.6 Å². The average Bonchev–Trinajstić information content (AvgIpc) is 1.41. The molecule has 0 unspecified atom stereocenters. The van der Waals surface area contributed by atoms with Crippen LogP contribution in [0.1, 0.15) is 13.8 Å². The van der Waals surface area contributed by atoms with Crippen molar-refractivity contribution in [3.63, 3.8) is 0 Å². The summed E-state index contributed by atoms with van der Waals surface area (Å²) >= 11 is 0.958. The van der Waals surface area contributed by atoms with Gasteiger partial charge in [-0.3, -0.25) is 0 Å². The van der Waals surface area contributed by atoms with Crippen LogP contribution in [0.3, 0.4) is 0 Å². The van der Waals surface area contributed by atoms with Gasteiger partial charge in [0.05, 0.1) is 0 Å². The Kier molecular flexibility index (Phi) is 4.99. The van der Waals surface area contributed by atoms with E-state index in [1.807, 2.05) is 0 Å². The first-order valence-electron chi connectivity index (χ1n) is 1.99. The molecule has 0 aromatic carbocycles. The van der Waals surface area contributed by atoms with E-state index in [9.17, 15) is 0 Å². The Hall–Kier alpha value is 0.519. The topological polar surface area (TPSA) is 0 Å². The molecule has 0 atom stereocenters. The normalized spacial score (nSPS) is 8.40. The first-order valence-corrected chi connectivity index (χ1v) is 4.41. The van der Waals surface area contributed by atoms with Gasteiger partial charge in [0, 0.05) is 0 Å². The van der Waals surface area contributed by atoms with Gasteiger partial charge in [-0.2, -0.15) is 0 Å². The van der Waals surface area contributed by atoms with Gasteiger partial charge in [0.15, 0.2) is 0 Å². The molecule has 0 saturated heterocycles. The van der Waals surface area contributed by atoms with Gasteiger partial charge in [0.2, 0.25) is 0 Å². The van der Waals surface area contributed by atoms with Gasteiger partial charge >= 0.3 is 39.4 Å². The van der Waals surface area contributed by atoms with Gasteiger partial charge in [-0.25, -0.2) is 0 Å². The summed E-state index contributed by atoms with van der Waals surface area (Å²) < 4.78 is 0. The molecule has 0 heterocycles. The van der Waals surface area contributed by atoms with E-state index in [0.717, 1.165) is 15.0 Å². The van der Waals surface area contributed by atoms with Gasteiger partial charge < -0.3 is 0 Å². The van der Waals surface area contributed by atoms with Crippen molar-refractivity contribution in [2.75, 3.05) is 0 Å². The SMILES string of the molecule is CC[Se+]CC. The third-order valence-electron chi connectivity index (χ3n) is 0.408. The molecule has 1 heteroatoms. The summed E-state index contributed by atoms with van der Waals surface area (Å²) in [5.74, 6) is 0. The Morgan fingerprint density at radius 3 is 1.60 bits per heavy atom. The molecular formula is C4H10Se+. The van der Waals surface area contributed by atoms with Crippen molar-refractivity contribution in [3.8, 4) is 0 Å². The molecule has 0 N–H and O–H groups in total. The molecule has 1 radical (unpaired) electrons. The van der Waals surface area contributed by atoms with Crippen molar-refractivity contribution < 1.29 is 0 Å². The summed E-state index contributed by atoms with van der Waals surface area (Å²) in [5, 5.41) is 2.81. The van der Waals surface area contributed by atoms with Crippen LogP contribution < -0.4 is 0 Å². The van der Waals surface area contributed by atoms with E-state index in [2.05, 4.69) is 13.8 Å². The fraction of sp³-hybridized carbons (Fsp3) is 1.00. The Morgan fingerprint density at radius 2 is 1.60 bits per heavy atom. The van der Waals surface area contributed by atoms with Gasteiger partial charge in [0.25, 0.3) is 0 Å². The zero-order valence-electron chi connectivity index (χ0n) is 3.82. The van der Waals surface area contributed by atoms with Crippen LogP contribution in [-0.4, -0.2) is 15.0 Å².